The molecule has 1 aliphatic heterocycles. The van der Waals surface area contributed by atoms with Gasteiger partial charge in [0, 0.05) is 30.6 Å². The first kappa shape index (κ1) is 31.0. The minimum Gasteiger partial charge on any atom is -0.444 e. The molecule has 3 amide bonds. The number of benzene rings is 2. The largest absolute Gasteiger partial charge is 0.460 e. The van der Waals surface area contributed by atoms with E-state index in [0.717, 1.165) is 24.5 Å². The number of aromatic amines is 1. The summed E-state index contributed by atoms with van der Waals surface area (Å²) >= 11 is 0. The van der Waals surface area contributed by atoms with Crippen LogP contribution in [0.4, 0.5) is 14.9 Å². The molecule has 0 spiro atoms. The van der Waals surface area contributed by atoms with Crippen molar-refractivity contribution in [2.24, 2.45) is 11.8 Å². The quantitative estimate of drug-likeness (QED) is 0.349. The predicted molar refractivity (Wildman–Crippen MR) is 160 cm³/mol. The topological polar surface area (TPSA) is 147 Å². The van der Waals surface area contributed by atoms with Gasteiger partial charge in [-0.15, -0.1) is 0 Å². The standard InChI is InChI=1S/C32H38FN5O6/c1-32(2,3)43-30(41)34-18-19-9-11-21(12-10-19)29(40)38-16-15-23(20-7-5-4-6-8-20)26(38)28(39)35-22-13-14-24(25(33)17-22)27-36-31(42)44-37-27/h4-8,13-14,17,19,21,23,26H,9-12,15-16,18H2,1-3H3,(H,34,41)(H,35,39)(H,36,37,42)/t19-,21-,23-,26-/m0/s1. The molecule has 2 aromatic carbocycles. The highest BCUT2D eigenvalue weighted by Crippen LogP contribution is 2.38. The molecule has 11 nitrogen and oxygen atoms in total. The molecule has 1 saturated carbocycles. The van der Waals surface area contributed by atoms with Gasteiger partial charge in [-0.2, -0.15) is 10.1 Å². The van der Waals surface area contributed by atoms with Crippen LogP contribution >= 0.6 is 0 Å². The summed E-state index contributed by atoms with van der Waals surface area (Å²) in [7, 11) is 0. The Bertz CT molecular complexity index is 1540. The van der Waals surface area contributed by atoms with E-state index < -0.39 is 35.2 Å². The minimum absolute atomic E-state index is 0.0191. The molecule has 1 aromatic heterocycles. The molecule has 2 fully saturated rings. The number of alkyl carbamates (subject to hydrolysis) is 1. The average Bonchev–Trinajstić information content (AvgIpc) is 3.62. The number of hydrogen-bond donors (Lipinski definition) is 3. The summed E-state index contributed by atoms with van der Waals surface area (Å²) in [5.41, 5.74) is 0.620. The molecular formula is C32H38FN5O6. The van der Waals surface area contributed by atoms with Crippen LogP contribution in [0.3, 0.4) is 0 Å². The van der Waals surface area contributed by atoms with E-state index in [1.54, 1.807) is 4.90 Å². The fourth-order valence-electron chi connectivity index (χ4n) is 6.15. The molecule has 1 saturated heterocycles. The number of nitrogens with one attached hydrogen (secondary N) is 3. The van der Waals surface area contributed by atoms with Crippen molar-refractivity contribution in [3.8, 4) is 11.4 Å². The number of hydrogen-bond acceptors (Lipinski definition) is 7. The van der Waals surface area contributed by atoms with Gasteiger partial charge in [-0.3, -0.25) is 9.59 Å². The first-order valence-corrected chi connectivity index (χ1v) is 15.0. The van der Waals surface area contributed by atoms with Crippen LogP contribution in [-0.2, 0) is 14.3 Å². The van der Waals surface area contributed by atoms with Crippen LogP contribution in [0.2, 0.25) is 0 Å². The van der Waals surface area contributed by atoms with E-state index in [4.69, 9.17) is 4.74 Å². The highest BCUT2D eigenvalue weighted by molar-refractivity contribution is 5.98. The second kappa shape index (κ2) is 13.0. The van der Waals surface area contributed by atoms with E-state index >= 15 is 0 Å². The SMILES string of the molecule is CC(C)(C)OC(=O)NC[C@H]1CC[C@H](C(=O)N2CC[C@@H](c3ccccc3)[C@H]2C(=O)Nc2ccc(-c3nc(=O)o[nH]3)c(F)c2)CC1. The minimum atomic E-state index is -0.874. The van der Waals surface area contributed by atoms with Crippen molar-refractivity contribution in [1.82, 2.24) is 20.4 Å². The molecule has 44 heavy (non-hydrogen) atoms. The first-order chi connectivity index (χ1) is 21.0. The lowest BCUT2D eigenvalue weighted by Crippen LogP contribution is -2.48. The predicted octanol–water partition coefficient (Wildman–Crippen LogP) is 4.82. The van der Waals surface area contributed by atoms with Crippen LogP contribution in [-0.4, -0.2) is 57.7 Å². The molecule has 5 rings (SSSR count). The van der Waals surface area contributed by atoms with Gasteiger partial charge in [-0.05, 0) is 82.6 Å². The lowest BCUT2D eigenvalue weighted by Gasteiger charge is -2.34. The van der Waals surface area contributed by atoms with Gasteiger partial charge in [0.05, 0.1) is 5.56 Å². The van der Waals surface area contributed by atoms with Crippen molar-refractivity contribution in [3.05, 3.63) is 70.5 Å². The van der Waals surface area contributed by atoms with Gasteiger partial charge < -0.3 is 24.8 Å². The van der Waals surface area contributed by atoms with Crippen LogP contribution in [0.25, 0.3) is 11.4 Å². The highest BCUT2D eigenvalue weighted by Gasteiger charge is 2.44. The second-order valence-corrected chi connectivity index (χ2v) is 12.5. The molecular weight excluding hydrogens is 569 g/mol. The number of nitrogens with zero attached hydrogens (tertiary/aromatic N) is 2. The Kier molecular flexibility index (Phi) is 9.17. The van der Waals surface area contributed by atoms with Gasteiger partial charge in [0.2, 0.25) is 11.8 Å². The van der Waals surface area contributed by atoms with E-state index in [1.165, 1.54) is 12.1 Å². The highest BCUT2D eigenvalue weighted by atomic mass is 19.1. The maximum Gasteiger partial charge on any atom is 0.460 e. The summed E-state index contributed by atoms with van der Waals surface area (Å²) < 4.78 is 24.8. The number of amides is 3. The van der Waals surface area contributed by atoms with Crippen molar-refractivity contribution in [3.63, 3.8) is 0 Å². The second-order valence-electron chi connectivity index (χ2n) is 12.5. The van der Waals surface area contributed by atoms with Gasteiger partial charge in [0.25, 0.3) is 0 Å². The number of aromatic nitrogens is 2. The summed E-state index contributed by atoms with van der Waals surface area (Å²) in [4.78, 5) is 56.3. The van der Waals surface area contributed by atoms with Crippen LogP contribution in [0, 0.1) is 17.7 Å². The van der Waals surface area contributed by atoms with Crippen LogP contribution in [0.1, 0.15) is 64.4 Å². The lowest BCUT2D eigenvalue weighted by molar-refractivity contribution is -0.141. The number of ether oxygens (including phenoxy) is 1. The number of likely N-dealkylation sites (tertiary alicyclic amines) is 1. The smallest absolute Gasteiger partial charge is 0.444 e. The average molecular weight is 608 g/mol. The summed E-state index contributed by atoms with van der Waals surface area (Å²) in [6.45, 7) is 6.37. The first-order valence-electron chi connectivity index (χ1n) is 15.0. The number of anilines is 1. The van der Waals surface area contributed by atoms with Crippen molar-refractivity contribution < 1.29 is 28.0 Å². The molecule has 0 radical (unpaired) electrons. The molecule has 3 N–H and O–H groups in total. The molecule has 3 aromatic rings. The van der Waals surface area contributed by atoms with Crippen molar-refractivity contribution >= 4 is 23.6 Å². The Hall–Kier alpha value is -4.48. The Balaban J connectivity index is 1.26. The van der Waals surface area contributed by atoms with E-state index in [0.29, 0.717) is 32.4 Å². The van der Waals surface area contributed by atoms with Gasteiger partial charge in [0.15, 0.2) is 5.82 Å². The fourth-order valence-corrected chi connectivity index (χ4v) is 6.15. The molecule has 12 heteroatoms. The maximum absolute atomic E-state index is 14.9. The van der Waals surface area contributed by atoms with E-state index in [1.807, 2.05) is 51.1 Å². The van der Waals surface area contributed by atoms with Crippen molar-refractivity contribution in [1.29, 1.82) is 0 Å². The number of rotatable bonds is 7. The van der Waals surface area contributed by atoms with E-state index in [-0.39, 0.29) is 40.7 Å². The third-order valence-electron chi connectivity index (χ3n) is 8.24. The zero-order valence-corrected chi connectivity index (χ0v) is 25.1. The zero-order valence-electron chi connectivity index (χ0n) is 25.1. The Morgan fingerprint density at radius 3 is 2.43 bits per heavy atom. The van der Waals surface area contributed by atoms with E-state index in [9.17, 15) is 23.6 Å². The number of carbonyl (C=O) groups is 3. The Morgan fingerprint density at radius 2 is 1.80 bits per heavy atom. The summed E-state index contributed by atoms with van der Waals surface area (Å²) in [5.74, 6) is -2.30. The van der Waals surface area contributed by atoms with E-state index in [2.05, 4.69) is 25.3 Å². The maximum atomic E-state index is 14.9. The fraction of sp³-hybridized carbons (Fsp3) is 0.469. The van der Waals surface area contributed by atoms with Crippen LogP contribution < -0.4 is 16.4 Å². The third kappa shape index (κ3) is 7.35. The van der Waals surface area contributed by atoms with Gasteiger partial charge in [0.1, 0.15) is 17.5 Å². The summed E-state index contributed by atoms with van der Waals surface area (Å²) in [5, 5.41) is 7.91. The van der Waals surface area contributed by atoms with Gasteiger partial charge in [-0.25, -0.2) is 14.0 Å². The van der Waals surface area contributed by atoms with Gasteiger partial charge in [-0.1, -0.05) is 30.3 Å². The number of halogens is 1. The Labute approximate surface area is 254 Å². The molecule has 1 aliphatic carbocycles. The molecule has 2 heterocycles. The van der Waals surface area contributed by atoms with Crippen LogP contribution in [0.5, 0.6) is 0 Å². The monoisotopic (exact) mass is 607 g/mol. The summed E-state index contributed by atoms with van der Waals surface area (Å²) in [6.07, 6.45) is 3.06. The summed E-state index contributed by atoms with van der Waals surface area (Å²) in [6, 6.07) is 12.9. The van der Waals surface area contributed by atoms with Crippen molar-refractivity contribution in [2.45, 2.75) is 70.4 Å². The normalized spacial score (nSPS) is 22.0. The van der Waals surface area contributed by atoms with Crippen LogP contribution in [0.15, 0.2) is 57.8 Å². The number of H-pyrrole nitrogens is 1. The molecule has 234 valence electrons. The lowest BCUT2D eigenvalue weighted by atomic mass is 9.81. The molecule has 2 atom stereocenters. The zero-order chi connectivity index (χ0) is 31.4. The van der Waals surface area contributed by atoms with Crippen molar-refractivity contribution in [2.75, 3.05) is 18.4 Å². The molecule has 2 aliphatic rings. The Morgan fingerprint density at radius 1 is 1.07 bits per heavy atom. The number of carbonyl (C=O) groups excluding carboxylic acids is 3. The third-order valence-corrected chi connectivity index (χ3v) is 8.24. The molecule has 0 unspecified atom stereocenters. The van der Waals surface area contributed by atoms with Gasteiger partial charge >= 0.3 is 11.8 Å². The molecule has 0 bridgehead atoms.